The predicted octanol–water partition coefficient (Wildman–Crippen LogP) is 2.39. The maximum absolute atomic E-state index is 9.21. The lowest BCUT2D eigenvalue weighted by Crippen LogP contribution is -2.11. The minimum atomic E-state index is 0.510. The normalized spacial score (nSPS) is 10.4. The Kier molecular flexibility index (Phi) is 5.17. The predicted molar refractivity (Wildman–Crippen MR) is 83.3 cm³/mol. The van der Waals surface area contributed by atoms with Crippen LogP contribution >= 0.6 is 11.8 Å². The Morgan fingerprint density at radius 1 is 1.38 bits per heavy atom. The molecule has 0 amide bonds. The highest BCUT2D eigenvalue weighted by Gasteiger charge is 2.09. The molecule has 0 atom stereocenters. The Balaban J connectivity index is 1.92. The second-order valence-electron chi connectivity index (χ2n) is 4.65. The van der Waals surface area contributed by atoms with E-state index in [4.69, 9.17) is 0 Å². The summed E-state index contributed by atoms with van der Waals surface area (Å²) in [5.74, 6) is 0.602. The Hall–Kier alpha value is -2.07. The van der Waals surface area contributed by atoms with Crippen molar-refractivity contribution < 1.29 is 0 Å². The molecule has 0 radical (unpaired) electrons. The maximum atomic E-state index is 9.21. The molecule has 2 rings (SSSR count). The Morgan fingerprint density at radius 2 is 2.19 bits per heavy atom. The van der Waals surface area contributed by atoms with E-state index in [9.17, 15) is 5.26 Å². The summed E-state index contributed by atoms with van der Waals surface area (Å²) in [6.45, 7) is 5.62. The van der Waals surface area contributed by atoms with Crippen LogP contribution < -0.4 is 5.32 Å². The molecule has 6 nitrogen and oxygen atoms in total. The van der Waals surface area contributed by atoms with E-state index in [-0.39, 0.29) is 0 Å². The first kappa shape index (κ1) is 15.3. The third kappa shape index (κ3) is 3.73. The standard InChI is InChI=1S/C14H18N6S/c1-10-7-11(2)20(19-10)6-4-5-16-13-12(8-15)14(21-3)18-9-17-13/h7,9H,4-6H2,1-3H3,(H,16,17,18). The Morgan fingerprint density at radius 3 is 2.81 bits per heavy atom. The molecule has 0 fully saturated rings. The molecule has 0 aliphatic carbocycles. The fraction of sp³-hybridized carbons (Fsp3) is 0.429. The van der Waals surface area contributed by atoms with Crippen LogP contribution in [-0.2, 0) is 6.54 Å². The van der Waals surface area contributed by atoms with Gasteiger partial charge in [-0.3, -0.25) is 4.68 Å². The van der Waals surface area contributed by atoms with Crippen LogP contribution in [0.1, 0.15) is 23.4 Å². The van der Waals surface area contributed by atoms with E-state index in [2.05, 4.69) is 39.4 Å². The average Bonchev–Trinajstić information content (AvgIpc) is 2.81. The lowest BCUT2D eigenvalue weighted by molar-refractivity contribution is 0.573. The highest BCUT2D eigenvalue weighted by molar-refractivity contribution is 7.98. The van der Waals surface area contributed by atoms with Crippen molar-refractivity contribution in [1.29, 1.82) is 5.26 Å². The summed E-state index contributed by atoms with van der Waals surface area (Å²) in [5.41, 5.74) is 2.71. The number of rotatable bonds is 6. The molecule has 0 bridgehead atoms. The number of thioether (sulfide) groups is 1. The first-order valence-corrected chi connectivity index (χ1v) is 7.92. The molecule has 0 saturated carbocycles. The van der Waals surface area contributed by atoms with Gasteiger partial charge in [-0.05, 0) is 32.6 Å². The number of aryl methyl sites for hydroxylation is 3. The molecule has 2 heterocycles. The number of nitriles is 1. The molecular weight excluding hydrogens is 284 g/mol. The molecule has 2 aromatic heterocycles. The van der Waals surface area contributed by atoms with Gasteiger partial charge in [0.15, 0.2) is 0 Å². The van der Waals surface area contributed by atoms with Gasteiger partial charge in [0.1, 0.15) is 28.8 Å². The molecule has 0 aliphatic heterocycles. The van der Waals surface area contributed by atoms with Crippen molar-refractivity contribution in [2.24, 2.45) is 0 Å². The zero-order chi connectivity index (χ0) is 15.2. The molecular formula is C14H18N6S. The summed E-state index contributed by atoms with van der Waals surface area (Å²) < 4.78 is 2.00. The second-order valence-corrected chi connectivity index (χ2v) is 5.44. The molecule has 7 heteroatoms. The van der Waals surface area contributed by atoms with Crippen LogP contribution in [0.5, 0.6) is 0 Å². The molecule has 21 heavy (non-hydrogen) atoms. The van der Waals surface area contributed by atoms with Crippen LogP contribution in [0.15, 0.2) is 17.4 Å². The van der Waals surface area contributed by atoms with Gasteiger partial charge in [0, 0.05) is 18.8 Å². The SMILES string of the molecule is CSc1ncnc(NCCCn2nc(C)cc2C)c1C#N. The lowest BCUT2D eigenvalue weighted by atomic mass is 10.3. The largest absolute Gasteiger partial charge is 0.369 e. The van der Waals surface area contributed by atoms with Gasteiger partial charge in [0.25, 0.3) is 0 Å². The van der Waals surface area contributed by atoms with Crippen LogP contribution in [-0.4, -0.2) is 32.5 Å². The van der Waals surface area contributed by atoms with Crippen molar-refractivity contribution in [3.8, 4) is 6.07 Å². The minimum Gasteiger partial charge on any atom is -0.369 e. The second kappa shape index (κ2) is 7.09. The highest BCUT2D eigenvalue weighted by Crippen LogP contribution is 2.21. The van der Waals surface area contributed by atoms with E-state index in [1.807, 2.05) is 17.9 Å². The van der Waals surface area contributed by atoms with Gasteiger partial charge >= 0.3 is 0 Å². The molecule has 2 aromatic rings. The van der Waals surface area contributed by atoms with Gasteiger partial charge in [-0.15, -0.1) is 11.8 Å². The molecule has 1 N–H and O–H groups in total. The average molecular weight is 302 g/mol. The summed E-state index contributed by atoms with van der Waals surface area (Å²) in [5, 5.41) is 17.5. The molecule has 0 saturated heterocycles. The van der Waals surface area contributed by atoms with E-state index >= 15 is 0 Å². The lowest BCUT2D eigenvalue weighted by Gasteiger charge is -2.09. The summed E-state index contributed by atoms with van der Waals surface area (Å²) in [6, 6.07) is 4.23. The Labute approximate surface area is 128 Å². The number of anilines is 1. The van der Waals surface area contributed by atoms with Gasteiger partial charge in [0.05, 0.1) is 5.69 Å². The fourth-order valence-corrected chi connectivity index (χ4v) is 2.59. The molecule has 0 aliphatic rings. The van der Waals surface area contributed by atoms with Crippen molar-refractivity contribution in [3.63, 3.8) is 0 Å². The van der Waals surface area contributed by atoms with Crippen molar-refractivity contribution in [2.45, 2.75) is 31.8 Å². The van der Waals surface area contributed by atoms with E-state index in [0.717, 1.165) is 30.9 Å². The number of hydrogen-bond acceptors (Lipinski definition) is 6. The van der Waals surface area contributed by atoms with E-state index in [1.54, 1.807) is 0 Å². The van der Waals surface area contributed by atoms with Gasteiger partial charge in [0.2, 0.25) is 0 Å². The number of aromatic nitrogens is 4. The summed E-state index contributed by atoms with van der Waals surface area (Å²) in [4.78, 5) is 8.24. The van der Waals surface area contributed by atoms with E-state index < -0.39 is 0 Å². The molecule has 110 valence electrons. The number of nitrogens with one attached hydrogen (secondary N) is 1. The van der Waals surface area contributed by atoms with Crippen LogP contribution in [0.4, 0.5) is 5.82 Å². The van der Waals surface area contributed by atoms with Crippen molar-refractivity contribution in [3.05, 3.63) is 29.3 Å². The third-order valence-electron chi connectivity index (χ3n) is 3.06. The van der Waals surface area contributed by atoms with E-state index in [0.29, 0.717) is 16.4 Å². The van der Waals surface area contributed by atoms with Gasteiger partial charge in [-0.2, -0.15) is 10.4 Å². The zero-order valence-corrected chi connectivity index (χ0v) is 13.2. The summed E-state index contributed by atoms with van der Waals surface area (Å²) in [7, 11) is 0. The minimum absolute atomic E-state index is 0.510. The van der Waals surface area contributed by atoms with Gasteiger partial charge < -0.3 is 5.32 Å². The smallest absolute Gasteiger partial charge is 0.148 e. The van der Waals surface area contributed by atoms with Gasteiger partial charge in [-0.25, -0.2) is 9.97 Å². The maximum Gasteiger partial charge on any atom is 0.148 e. The van der Waals surface area contributed by atoms with E-state index in [1.165, 1.54) is 18.1 Å². The van der Waals surface area contributed by atoms with Crippen molar-refractivity contribution in [2.75, 3.05) is 18.1 Å². The first-order valence-electron chi connectivity index (χ1n) is 6.69. The molecule has 0 unspecified atom stereocenters. The fourth-order valence-electron chi connectivity index (χ4n) is 2.10. The number of nitrogens with zero attached hydrogens (tertiary/aromatic N) is 5. The summed E-state index contributed by atoms with van der Waals surface area (Å²) in [6.07, 6.45) is 4.29. The zero-order valence-electron chi connectivity index (χ0n) is 12.4. The third-order valence-corrected chi connectivity index (χ3v) is 3.76. The topological polar surface area (TPSA) is 79.4 Å². The quantitative estimate of drug-likeness (QED) is 0.501. The van der Waals surface area contributed by atoms with Crippen LogP contribution in [0, 0.1) is 25.2 Å². The monoisotopic (exact) mass is 302 g/mol. The molecule has 0 aromatic carbocycles. The molecule has 0 spiro atoms. The van der Waals surface area contributed by atoms with Crippen molar-refractivity contribution >= 4 is 17.6 Å². The van der Waals surface area contributed by atoms with Crippen LogP contribution in [0.3, 0.4) is 0 Å². The van der Waals surface area contributed by atoms with Crippen LogP contribution in [0.25, 0.3) is 0 Å². The number of hydrogen-bond donors (Lipinski definition) is 1. The summed E-state index contributed by atoms with van der Waals surface area (Å²) >= 11 is 1.45. The Bertz CT molecular complexity index is 658. The van der Waals surface area contributed by atoms with Crippen LogP contribution in [0.2, 0.25) is 0 Å². The van der Waals surface area contributed by atoms with Gasteiger partial charge in [-0.1, -0.05) is 0 Å². The van der Waals surface area contributed by atoms with Crippen molar-refractivity contribution in [1.82, 2.24) is 19.7 Å². The first-order chi connectivity index (χ1) is 10.2. The highest BCUT2D eigenvalue weighted by atomic mass is 32.2.